The van der Waals surface area contributed by atoms with E-state index in [1.807, 2.05) is 0 Å². The van der Waals surface area contributed by atoms with Gasteiger partial charge in [-0.15, -0.1) is 0 Å². The van der Waals surface area contributed by atoms with E-state index in [0.29, 0.717) is 12.2 Å². The minimum atomic E-state index is -0.392. The first kappa shape index (κ1) is 13.6. The van der Waals surface area contributed by atoms with Gasteiger partial charge in [0.2, 0.25) is 0 Å². The fraction of sp³-hybridized carbons (Fsp3) is 0.0714. The standard InChI is InChI=1S/C14H16N2O2/c1-3-5-10(4-2)9-16-14(18)12-8-11(15)6-7-13(12)17/h3-8,17H,1-2,9,15H2,(H,16,18)/b10-5+. The molecule has 0 spiro atoms. The van der Waals surface area contributed by atoms with Crippen molar-refractivity contribution in [2.24, 2.45) is 0 Å². The van der Waals surface area contributed by atoms with E-state index in [1.165, 1.54) is 18.2 Å². The molecule has 0 saturated heterocycles. The summed E-state index contributed by atoms with van der Waals surface area (Å²) in [6, 6.07) is 4.34. The Morgan fingerprint density at radius 3 is 2.78 bits per heavy atom. The van der Waals surface area contributed by atoms with Gasteiger partial charge in [-0.1, -0.05) is 31.4 Å². The molecule has 0 aromatic heterocycles. The highest BCUT2D eigenvalue weighted by Gasteiger charge is 2.10. The van der Waals surface area contributed by atoms with Gasteiger partial charge >= 0.3 is 0 Å². The smallest absolute Gasteiger partial charge is 0.255 e. The third kappa shape index (κ3) is 3.52. The van der Waals surface area contributed by atoms with Crippen molar-refractivity contribution in [3.8, 4) is 5.75 Å². The van der Waals surface area contributed by atoms with Gasteiger partial charge in [0, 0.05) is 12.2 Å². The lowest BCUT2D eigenvalue weighted by Crippen LogP contribution is -2.25. The van der Waals surface area contributed by atoms with Crippen LogP contribution in [0.3, 0.4) is 0 Å². The van der Waals surface area contributed by atoms with Gasteiger partial charge in [-0.25, -0.2) is 0 Å². The molecule has 4 heteroatoms. The predicted octanol–water partition coefficient (Wildman–Crippen LogP) is 2.00. The van der Waals surface area contributed by atoms with Crippen molar-refractivity contribution in [3.63, 3.8) is 0 Å². The number of phenolic OH excluding ortho intramolecular Hbond substituents is 1. The number of nitrogens with two attached hydrogens (primary N) is 1. The van der Waals surface area contributed by atoms with E-state index >= 15 is 0 Å². The number of phenols is 1. The molecule has 0 radical (unpaired) electrons. The highest BCUT2D eigenvalue weighted by atomic mass is 16.3. The molecule has 1 aromatic rings. The number of hydrogen-bond donors (Lipinski definition) is 3. The van der Waals surface area contributed by atoms with Crippen LogP contribution in [-0.4, -0.2) is 17.6 Å². The third-order valence-electron chi connectivity index (χ3n) is 2.31. The van der Waals surface area contributed by atoms with Gasteiger partial charge < -0.3 is 16.2 Å². The SMILES string of the molecule is C=C/C=C(\C=C)CNC(=O)c1cc(N)ccc1O. The molecule has 0 aliphatic carbocycles. The molecule has 1 amide bonds. The molecular weight excluding hydrogens is 228 g/mol. The maximum Gasteiger partial charge on any atom is 0.255 e. The fourth-order valence-corrected chi connectivity index (χ4v) is 1.36. The quantitative estimate of drug-likeness (QED) is 0.421. The van der Waals surface area contributed by atoms with Gasteiger partial charge in [-0.05, 0) is 23.8 Å². The number of rotatable bonds is 5. The molecule has 18 heavy (non-hydrogen) atoms. The summed E-state index contributed by atoms with van der Waals surface area (Å²) in [5, 5.41) is 12.2. The van der Waals surface area contributed by atoms with Crippen LogP contribution in [0, 0.1) is 0 Å². The van der Waals surface area contributed by atoms with E-state index in [-0.39, 0.29) is 11.3 Å². The monoisotopic (exact) mass is 244 g/mol. The number of hydrogen-bond acceptors (Lipinski definition) is 3. The van der Waals surface area contributed by atoms with E-state index in [0.717, 1.165) is 5.57 Å². The van der Waals surface area contributed by atoms with Gasteiger partial charge in [0.15, 0.2) is 0 Å². The van der Waals surface area contributed by atoms with E-state index in [1.54, 1.807) is 18.2 Å². The Balaban J connectivity index is 2.77. The molecule has 1 aromatic carbocycles. The fourth-order valence-electron chi connectivity index (χ4n) is 1.36. The molecule has 0 atom stereocenters. The first-order valence-electron chi connectivity index (χ1n) is 5.39. The van der Waals surface area contributed by atoms with E-state index in [9.17, 15) is 9.90 Å². The van der Waals surface area contributed by atoms with Crippen LogP contribution in [0.4, 0.5) is 5.69 Å². The lowest BCUT2D eigenvalue weighted by atomic mass is 10.1. The van der Waals surface area contributed by atoms with Crippen molar-refractivity contribution in [3.05, 3.63) is 60.7 Å². The van der Waals surface area contributed by atoms with Crippen LogP contribution in [0.15, 0.2) is 55.2 Å². The average Bonchev–Trinajstić information content (AvgIpc) is 2.37. The first-order valence-corrected chi connectivity index (χ1v) is 5.39. The predicted molar refractivity (Wildman–Crippen MR) is 73.3 cm³/mol. The van der Waals surface area contributed by atoms with Crippen LogP contribution < -0.4 is 11.1 Å². The molecule has 0 aliphatic rings. The van der Waals surface area contributed by atoms with Gasteiger partial charge in [-0.3, -0.25) is 4.79 Å². The topological polar surface area (TPSA) is 75.4 Å². The van der Waals surface area contributed by atoms with E-state index in [4.69, 9.17) is 5.73 Å². The molecule has 0 saturated carbocycles. The summed E-state index contributed by atoms with van der Waals surface area (Å²) >= 11 is 0. The molecule has 94 valence electrons. The van der Waals surface area contributed by atoms with E-state index < -0.39 is 5.91 Å². The maximum atomic E-state index is 11.8. The molecule has 1 rings (SSSR count). The minimum Gasteiger partial charge on any atom is -0.507 e. The van der Waals surface area contributed by atoms with Crippen molar-refractivity contribution in [1.29, 1.82) is 0 Å². The molecule has 4 nitrogen and oxygen atoms in total. The first-order chi connectivity index (χ1) is 8.58. The van der Waals surface area contributed by atoms with Gasteiger partial charge in [0.05, 0.1) is 5.56 Å². The summed E-state index contributed by atoms with van der Waals surface area (Å²) < 4.78 is 0. The number of nitrogens with one attached hydrogen (secondary N) is 1. The molecule has 0 unspecified atom stereocenters. The van der Waals surface area contributed by atoms with Crippen LogP contribution >= 0.6 is 0 Å². The Labute approximate surface area is 106 Å². The lowest BCUT2D eigenvalue weighted by molar-refractivity contribution is 0.0954. The summed E-state index contributed by atoms with van der Waals surface area (Å²) in [7, 11) is 0. The zero-order chi connectivity index (χ0) is 13.5. The average molecular weight is 244 g/mol. The summed E-state index contributed by atoms with van der Waals surface area (Å²) in [4.78, 5) is 11.8. The van der Waals surface area contributed by atoms with Crippen LogP contribution in [0.1, 0.15) is 10.4 Å². The van der Waals surface area contributed by atoms with Crippen LogP contribution in [0.5, 0.6) is 5.75 Å². The number of nitrogen functional groups attached to an aromatic ring is 1. The van der Waals surface area contributed by atoms with Crippen molar-refractivity contribution in [2.75, 3.05) is 12.3 Å². The van der Waals surface area contributed by atoms with Crippen LogP contribution in [0.25, 0.3) is 0 Å². The van der Waals surface area contributed by atoms with Gasteiger partial charge in [0.1, 0.15) is 5.75 Å². The summed E-state index contributed by atoms with van der Waals surface area (Å²) in [6.07, 6.45) is 4.98. The minimum absolute atomic E-state index is 0.102. The Morgan fingerprint density at radius 1 is 1.44 bits per heavy atom. The molecule has 0 bridgehead atoms. The highest BCUT2D eigenvalue weighted by Crippen LogP contribution is 2.19. The van der Waals surface area contributed by atoms with Crippen molar-refractivity contribution < 1.29 is 9.90 Å². The second-order valence-electron chi connectivity index (χ2n) is 3.64. The zero-order valence-electron chi connectivity index (χ0n) is 10.0. The Kier molecular flexibility index (Phi) is 4.75. The Morgan fingerprint density at radius 2 is 2.17 bits per heavy atom. The lowest BCUT2D eigenvalue weighted by Gasteiger charge is -2.08. The molecular formula is C14H16N2O2. The van der Waals surface area contributed by atoms with Crippen molar-refractivity contribution >= 4 is 11.6 Å². The normalized spacial score (nSPS) is 10.8. The number of anilines is 1. The van der Waals surface area contributed by atoms with E-state index in [2.05, 4.69) is 18.5 Å². The number of carbonyl (C=O) groups is 1. The number of benzene rings is 1. The summed E-state index contributed by atoms with van der Waals surface area (Å²) in [5.74, 6) is -0.494. The van der Waals surface area contributed by atoms with Crippen molar-refractivity contribution in [2.45, 2.75) is 0 Å². The molecule has 0 fully saturated rings. The van der Waals surface area contributed by atoms with Crippen molar-refractivity contribution in [1.82, 2.24) is 5.32 Å². The largest absolute Gasteiger partial charge is 0.507 e. The Hall–Kier alpha value is -2.49. The third-order valence-corrected chi connectivity index (χ3v) is 2.31. The maximum absolute atomic E-state index is 11.8. The zero-order valence-corrected chi connectivity index (χ0v) is 10.0. The van der Waals surface area contributed by atoms with Gasteiger partial charge in [-0.2, -0.15) is 0 Å². The summed E-state index contributed by atoms with van der Waals surface area (Å²) in [5.41, 5.74) is 6.95. The number of allylic oxidation sites excluding steroid dienone is 2. The molecule has 0 aliphatic heterocycles. The Bertz CT molecular complexity index is 505. The van der Waals surface area contributed by atoms with Crippen LogP contribution in [-0.2, 0) is 0 Å². The number of aromatic hydroxyl groups is 1. The molecule has 0 heterocycles. The second-order valence-corrected chi connectivity index (χ2v) is 3.64. The van der Waals surface area contributed by atoms with Crippen LogP contribution in [0.2, 0.25) is 0 Å². The molecule has 4 N–H and O–H groups in total. The number of carbonyl (C=O) groups excluding carboxylic acids is 1. The second kappa shape index (κ2) is 6.30. The summed E-state index contributed by atoms with van der Waals surface area (Å²) in [6.45, 7) is 7.50. The number of amides is 1. The van der Waals surface area contributed by atoms with Gasteiger partial charge in [0.25, 0.3) is 5.91 Å². The highest BCUT2D eigenvalue weighted by molar-refractivity contribution is 5.97.